The molecule has 2 N–H and O–H groups in total. The van der Waals surface area contributed by atoms with Gasteiger partial charge in [-0.1, -0.05) is 0 Å². The van der Waals surface area contributed by atoms with Crippen molar-refractivity contribution in [3.63, 3.8) is 0 Å². The molecule has 0 bridgehead atoms. The standard InChI is InChI=1S/C10H22N4O/c1-13(2)10(15)12-6-5-11-9-4-7-14(3)8-9/h9,11H,4-8H2,1-3H3,(H,12,15). The lowest BCUT2D eigenvalue weighted by molar-refractivity contribution is 0.217. The first-order valence-electron chi connectivity index (χ1n) is 5.46. The quantitative estimate of drug-likeness (QED) is 0.623. The van der Waals surface area contributed by atoms with Crippen molar-refractivity contribution < 1.29 is 4.79 Å². The van der Waals surface area contributed by atoms with Crippen molar-refractivity contribution in [2.75, 3.05) is 47.3 Å². The summed E-state index contributed by atoms with van der Waals surface area (Å²) in [6, 6.07) is 0.562. The number of amides is 2. The van der Waals surface area contributed by atoms with E-state index in [-0.39, 0.29) is 6.03 Å². The van der Waals surface area contributed by atoms with Crippen LogP contribution in [0.25, 0.3) is 0 Å². The van der Waals surface area contributed by atoms with Crippen LogP contribution in [0.3, 0.4) is 0 Å². The molecule has 1 saturated heterocycles. The summed E-state index contributed by atoms with van der Waals surface area (Å²) in [5.74, 6) is 0. The Bertz CT molecular complexity index is 208. The Morgan fingerprint density at radius 1 is 1.47 bits per heavy atom. The number of hydrogen-bond donors (Lipinski definition) is 2. The highest BCUT2D eigenvalue weighted by Crippen LogP contribution is 2.04. The SMILES string of the molecule is CN1CCC(NCCNC(=O)N(C)C)C1. The van der Waals surface area contributed by atoms with Crippen molar-refractivity contribution in [2.45, 2.75) is 12.5 Å². The molecule has 0 saturated carbocycles. The van der Waals surface area contributed by atoms with E-state index in [9.17, 15) is 4.79 Å². The summed E-state index contributed by atoms with van der Waals surface area (Å²) < 4.78 is 0. The van der Waals surface area contributed by atoms with Crippen LogP contribution in [0.1, 0.15) is 6.42 Å². The third-order valence-electron chi connectivity index (χ3n) is 2.63. The number of carbonyl (C=O) groups is 1. The molecule has 1 atom stereocenters. The molecule has 88 valence electrons. The van der Waals surface area contributed by atoms with Gasteiger partial charge in [-0.2, -0.15) is 0 Å². The van der Waals surface area contributed by atoms with E-state index >= 15 is 0 Å². The van der Waals surface area contributed by atoms with Gasteiger partial charge in [-0.15, -0.1) is 0 Å². The molecule has 15 heavy (non-hydrogen) atoms. The highest BCUT2D eigenvalue weighted by atomic mass is 16.2. The predicted molar refractivity (Wildman–Crippen MR) is 61.0 cm³/mol. The maximum atomic E-state index is 11.2. The molecule has 5 heteroatoms. The number of rotatable bonds is 4. The Kier molecular flexibility index (Phi) is 4.84. The first-order valence-corrected chi connectivity index (χ1v) is 5.46. The zero-order valence-electron chi connectivity index (χ0n) is 9.92. The van der Waals surface area contributed by atoms with Gasteiger partial charge >= 0.3 is 6.03 Å². The number of carbonyl (C=O) groups excluding carboxylic acids is 1. The van der Waals surface area contributed by atoms with E-state index in [2.05, 4.69) is 22.6 Å². The van der Waals surface area contributed by atoms with Crippen molar-refractivity contribution in [3.8, 4) is 0 Å². The lowest BCUT2D eigenvalue weighted by Crippen LogP contribution is -2.41. The molecular formula is C10H22N4O. The minimum absolute atomic E-state index is 0.0275. The topological polar surface area (TPSA) is 47.6 Å². The van der Waals surface area contributed by atoms with Gasteiger partial charge in [-0.05, 0) is 20.0 Å². The fourth-order valence-electron chi connectivity index (χ4n) is 1.71. The smallest absolute Gasteiger partial charge is 0.316 e. The molecule has 0 aromatic rings. The van der Waals surface area contributed by atoms with Crippen molar-refractivity contribution in [1.29, 1.82) is 0 Å². The zero-order valence-corrected chi connectivity index (χ0v) is 9.92. The molecule has 0 aromatic carbocycles. The number of urea groups is 1. The number of likely N-dealkylation sites (tertiary alicyclic amines) is 1. The van der Waals surface area contributed by atoms with Crippen LogP contribution in [-0.4, -0.2) is 69.2 Å². The molecule has 1 rings (SSSR count). The average Bonchev–Trinajstić information content (AvgIpc) is 2.58. The van der Waals surface area contributed by atoms with Crippen LogP contribution in [0.2, 0.25) is 0 Å². The van der Waals surface area contributed by atoms with Crippen LogP contribution >= 0.6 is 0 Å². The minimum Gasteiger partial charge on any atom is -0.337 e. The van der Waals surface area contributed by atoms with Crippen LogP contribution in [0.5, 0.6) is 0 Å². The van der Waals surface area contributed by atoms with Crippen molar-refractivity contribution in [3.05, 3.63) is 0 Å². The summed E-state index contributed by atoms with van der Waals surface area (Å²) >= 11 is 0. The second-order valence-electron chi connectivity index (χ2n) is 4.33. The Morgan fingerprint density at radius 3 is 2.73 bits per heavy atom. The minimum atomic E-state index is -0.0275. The highest BCUT2D eigenvalue weighted by Gasteiger charge is 2.17. The Hall–Kier alpha value is -0.810. The van der Waals surface area contributed by atoms with Gasteiger partial charge in [-0.25, -0.2) is 4.79 Å². The molecule has 1 heterocycles. The van der Waals surface area contributed by atoms with Crippen LogP contribution < -0.4 is 10.6 Å². The highest BCUT2D eigenvalue weighted by molar-refractivity contribution is 5.73. The van der Waals surface area contributed by atoms with Crippen LogP contribution in [0.4, 0.5) is 4.79 Å². The van der Waals surface area contributed by atoms with E-state index in [1.807, 2.05) is 0 Å². The maximum absolute atomic E-state index is 11.2. The summed E-state index contributed by atoms with van der Waals surface area (Å²) in [6.45, 7) is 3.82. The summed E-state index contributed by atoms with van der Waals surface area (Å²) in [6.07, 6.45) is 1.21. The monoisotopic (exact) mass is 214 g/mol. The van der Waals surface area contributed by atoms with E-state index in [1.54, 1.807) is 19.0 Å². The van der Waals surface area contributed by atoms with Crippen molar-refractivity contribution in [2.24, 2.45) is 0 Å². The lowest BCUT2D eigenvalue weighted by atomic mass is 10.2. The average molecular weight is 214 g/mol. The summed E-state index contributed by atoms with van der Waals surface area (Å²) in [4.78, 5) is 15.0. The molecule has 2 amide bonds. The summed E-state index contributed by atoms with van der Waals surface area (Å²) in [5, 5.41) is 6.26. The first kappa shape index (κ1) is 12.3. The fourth-order valence-corrected chi connectivity index (χ4v) is 1.71. The molecule has 0 spiro atoms. The van der Waals surface area contributed by atoms with E-state index in [0.29, 0.717) is 12.6 Å². The van der Waals surface area contributed by atoms with E-state index in [0.717, 1.165) is 13.1 Å². The van der Waals surface area contributed by atoms with E-state index in [1.165, 1.54) is 13.0 Å². The van der Waals surface area contributed by atoms with E-state index in [4.69, 9.17) is 0 Å². The molecule has 1 unspecified atom stereocenters. The maximum Gasteiger partial charge on any atom is 0.316 e. The molecule has 0 aromatic heterocycles. The van der Waals surface area contributed by atoms with Gasteiger partial charge < -0.3 is 20.4 Å². The van der Waals surface area contributed by atoms with Gasteiger partial charge in [0.2, 0.25) is 0 Å². The molecule has 1 aliphatic heterocycles. The predicted octanol–water partition coefficient (Wildman–Crippen LogP) is -0.449. The Morgan fingerprint density at radius 2 is 2.20 bits per heavy atom. The molecule has 0 radical (unpaired) electrons. The molecule has 5 nitrogen and oxygen atoms in total. The third kappa shape index (κ3) is 4.48. The molecular weight excluding hydrogens is 192 g/mol. The fraction of sp³-hybridized carbons (Fsp3) is 0.900. The zero-order chi connectivity index (χ0) is 11.3. The van der Waals surface area contributed by atoms with Gasteiger partial charge in [0.15, 0.2) is 0 Å². The normalized spacial score (nSPS) is 21.7. The number of likely N-dealkylation sites (N-methyl/N-ethyl adjacent to an activating group) is 1. The van der Waals surface area contributed by atoms with Gasteiger partial charge in [0.05, 0.1) is 0 Å². The van der Waals surface area contributed by atoms with Crippen LogP contribution in [-0.2, 0) is 0 Å². The summed E-state index contributed by atoms with van der Waals surface area (Å²) in [5.41, 5.74) is 0. The lowest BCUT2D eigenvalue weighted by Gasteiger charge is -2.15. The largest absolute Gasteiger partial charge is 0.337 e. The summed E-state index contributed by atoms with van der Waals surface area (Å²) in [7, 11) is 5.62. The Balaban J connectivity index is 2.00. The Labute approximate surface area is 91.8 Å². The van der Waals surface area contributed by atoms with E-state index < -0.39 is 0 Å². The number of nitrogens with one attached hydrogen (secondary N) is 2. The van der Waals surface area contributed by atoms with Gasteiger partial charge in [0.1, 0.15) is 0 Å². The van der Waals surface area contributed by atoms with Crippen molar-refractivity contribution >= 4 is 6.03 Å². The van der Waals surface area contributed by atoms with Gasteiger partial charge in [0, 0.05) is 39.8 Å². The second-order valence-corrected chi connectivity index (χ2v) is 4.33. The van der Waals surface area contributed by atoms with Gasteiger partial charge in [0.25, 0.3) is 0 Å². The first-order chi connectivity index (χ1) is 7.09. The second kappa shape index (κ2) is 5.92. The molecule has 0 aliphatic carbocycles. The van der Waals surface area contributed by atoms with Crippen LogP contribution in [0.15, 0.2) is 0 Å². The molecule has 1 aliphatic rings. The molecule has 1 fully saturated rings. The number of nitrogens with zero attached hydrogens (tertiary/aromatic N) is 2. The van der Waals surface area contributed by atoms with Crippen LogP contribution in [0, 0.1) is 0 Å². The van der Waals surface area contributed by atoms with Gasteiger partial charge in [-0.3, -0.25) is 0 Å². The van der Waals surface area contributed by atoms with Crippen molar-refractivity contribution in [1.82, 2.24) is 20.4 Å². The third-order valence-corrected chi connectivity index (χ3v) is 2.63. The number of hydrogen-bond acceptors (Lipinski definition) is 3.